The summed E-state index contributed by atoms with van der Waals surface area (Å²) in [6, 6.07) is 6.03. The molecule has 0 radical (unpaired) electrons. The van der Waals surface area contributed by atoms with E-state index in [0.717, 1.165) is 30.1 Å². The second-order valence-corrected chi connectivity index (χ2v) is 7.06. The topological polar surface area (TPSA) is 114 Å². The molecule has 27 heavy (non-hydrogen) atoms. The molecule has 1 aromatic carbocycles. The smallest absolute Gasteiger partial charge is 0.254 e. The molecule has 2 aliphatic rings. The molecule has 1 amide bonds. The Balaban J connectivity index is 1.56. The van der Waals surface area contributed by atoms with Crippen LogP contribution in [0.5, 0.6) is 5.75 Å². The van der Waals surface area contributed by atoms with Crippen molar-refractivity contribution in [1.29, 1.82) is 0 Å². The number of ether oxygens (including phenoxy) is 1. The van der Waals surface area contributed by atoms with E-state index < -0.39 is 5.91 Å². The van der Waals surface area contributed by atoms with Crippen LogP contribution in [0.25, 0.3) is 0 Å². The molecular weight excluding hydrogens is 344 g/mol. The monoisotopic (exact) mass is 368 g/mol. The third kappa shape index (κ3) is 4.05. The minimum absolute atomic E-state index is 0.236. The number of benzene rings is 1. The molecule has 1 fully saturated rings. The third-order valence-electron chi connectivity index (χ3n) is 4.88. The van der Waals surface area contributed by atoms with Gasteiger partial charge in [0, 0.05) is 24.5 Å². The standard InChI is InChI=1S/C19H24N6O2/c1-11(12-3-4-12)23-18-14(17(20)26)10-22-19(25-18)24-13-5-6-16-15(9-13)21-7-2-8-27-16/h5-6,9-12,21H,2-4,7-8H2,1H3,(H2,20,26)(H2,22,23,24,25). The SMILES string of the molecule is CC(Nc1nc(Nc2ccc3c(c2)NCCCO3)ncc1C(N)=O)C1CC1. The number of nitrogens with two attached hydrogens (primary N) is 1. The number of hydrogen-bond acceptors (Lipinski definition) is 7. The molecule has 0 spiro atoms. The molecule has 8 nitrogen and oxygen atoms in total. The number of aromatic nitrogens is 2. The number of rotatable bonds is 6. The van der Waals surface area contributed by atoms with Crippen molar-refractivity contribution >= 4 is 29.0 Å². The molecule has 4 rings (SSSR count). The van der Waals surface area contributed by atoms with E-state index in [1.807, 2.05) is 18.2 Å². The summed E-state index contributed by atoms with van der Waals surface area (Å²) >= 11 is 0. The summed E-state index contributed by atoms with van der Waals surface area (Å²) in [7, 11) is 0. The number of hydrogen-bond donors (Lipinski definition) is 4. The van der Waals surface area contributed by atoms with Crippen molar-refractivity contribution in [2.45, 2.75) is 32.2 Å². The number of fused-ring (bicyclic) bond motifs is 1. The number of carbonyl (C=O) groups is 1. The number of amides is 1. The molecule has 2 aromatic rings. The fourth-order valence-electron chi connectivity index (χ4n) is 3.14. The first-order chi connectivity index (χ1) is 13.1. The molecule has 8 heteroatoms. The summed E-state index contributed by atoms with van der Waals surface area (Å²) in [6.45, 7) is 3.67. The van der Waals surface area contributed by atoms with Crippen LogP contribution in [0.15, 0.2) is 24.4 Å². The number of carbonyl (C=O) groups excluding carboxylic acids is 1. The van der Waals surface area contributed by atoms with Gasteiger partial charge in [0.15, 0.2) is 0 Å². The maximum absolute atomic E-state index is 11.7. The number of anilines is 4. The summed E-state index contributed by atoms with van der Waals surface area (Å²) in [6.07, 6.45) is 4.81. The quantitative estimate of drug-likeness (QED) is 0.620. The van der Waals surface area contributed by atoms with Gasteiger partial charge in [-0.3, -0.25) is 4.79 Å². The van der Waals surface area contributed by atoms with E-state index in [1.165, 1.54) is 19.0 Å². The summed E-state index contributed by atoms with van der Waals surface area (Å²) in [5.74, 6) is 1.78. The zero-order chi connectivity index (χ0) is 18.8. The minimum Gasteiger partial charge on any atom is -0.491 e. The van der Waals surface area contributed by atoms with Crippen molar-refractivity contribution in [2.24, 2.45) is 11.7 Å². The van der Waals surface area contributed by atoms with E-state index in [1.54, 1.807) is 0 Å². The Morgan fingerprint density at radius 3 is 3.04 bits per heavy atom. The summed E-state index contributed by atoms with van der Waals surface area (Å²) < 4.78 is 5.70. The van der Waals surface area contributed by atoms with Gasteiger partial charge in [-0.25, -0.2) is 4.98 Å². The summed E-state index contributed by atoms with van der Waals surface area (Å²) in [5.41, 5.74) is 7.54. The first kappa shape index (κ1) is 17.4. The van der Waals surface area contributed by atoms with Crippen molar-refractivity contribution in [3.8, 4) is 5.75 Å². The van der Waals surface area contributed by atoms with Crippen molar-refractivity contribution in [3.05, 3.63) is 30.0 Å². The summed E-state index contributed by atoms with van der Waals surface area (Å²) in [4.78, 5) is 20.4. The molecule has 5 N–H and O–H groups in total. The van der Waals surface area contributed by atoms with Crippen LogP contribution in [-0.2, 0) is 0 Å². The second-order valence-electron chi connectivity index (χ2n) is 7.06. The number of nitrogens with one attached hydrogen (secondary N) is 3. The maximum Gasteiger partial charge on any atom is 0.254 e. The van der Waals surface area contributed by atoms with Crippen LogP contribution in [0.2, 0.25) is 0 Å². The van der Waals surface area contributed by atoms with Gasteiger partial charge >= 0.3 is 0 Å². The lowest BCUT2D eigenvalue weighted by Gasteiger charge is -2.16. The lowest BCUT2D eigenvalue weighted by atomic mass is 10.2. The van der Waals surface area contributed by atoms with E-state index in [-0.39, 0.29) is 6.04 Å². The molecule has 1 aliphatic heterocycles. The highest BCUT2D eigenvalue weighted by molar-refractivity contribution is 5.97. The van der Waals surface area contributed by atoms with Crippen LogP contribution in [0.3, 0.4) is 0 Å². The second kappa shape index (κ2) is 7.30. The number of primary amides is 1. The van der Waals surface area contributed by atoms with Crippen LogP contribution in [0.1, 0.15) is 36.5 Å². The van der Waals surface area contributed by atoms with E-state index >= 15 is 0 Å². The van der Waals surface area contributed by atoms with Crippen molar-refractivity contribution < 1.29 is 9.53 Å². The Labute approximate surface area is 157 Å². The van der Waals surface area contributed by atoms with Crippen molar-refractivity contribution in [2.75, 3.05) is 29.1 Å². The van der Waals surface area contributed by atoms with Gasteiger partial charge in [-0.1, -0.05) is 0 Å². The van der Waals surface area contributed by atoms with Gasteiger partial charge in [0.1, 0.15) is 11.6 Å². The Kier molecular flexibility index (Phi) is 4.70. The van der Waals surface area contributed by atoms with E-state index in [9.17, 15) is 4.79 Å². The number of nitrogens with zero attached hydrogens (tertiary/aromatic N) is 2. The maximum atomic E-state index is 11.7. The molecule has 1 atom stereocenters. The fraction of sp³-hybridized carbons (Fsp3) is 0.421. The van der Waals surface area contributed by atoms with Crippen molar-refractivity contribution in [3.63, 3.8) is 0 Å². The normalized spacial score (nSPS) is 16.9. The molecule has 1 unspecified atom stereocenters. The minimum atomic E-state index is -0.543. The average molecular weight is 368 g/mol. The first-order valence-corrected chi connectivity index (χ1v) is 9.31. The highest BCUT2D eigenvalue weighted by Crippen LogP contribution is 2.34. The molecule has 2 heterocycles. The zero-order valence-electron chi connectivity index (χ0n) is 15.3. The molecular formula is C19H24N6O2. The van der Waals surface area contributed by atoms with Gasteiger partial charge < -0.3 is 26.4 Å². The lowest BCUT2D eigenvalue weighted by Crippen LogP contribution is -2.23. The molecule has 142 valence electrons. The largest absolute Gasteiger partial charge is 0.491 e. The van der Waals surface area contributed by atoms with E-state index in [0.29, 0.717) is 29.9 Å². The van der Waals surface area contributed by atoms with Gasteiger partial charge in [-0.05, 0) is 50.3 Å². The van der Waals surface area contributed by atoms with Crippen LogP contribution in [0.4, 0.5) is 23.1 Å². The Bertz CT molecular complexity index is 852. The van der Waals surface area contributed by atoms with Gasteiger partial charge in [0.25, 0.3) is 5.91 Å². The van der Waals surface area contributed by atoms with Crippen LogP contribution >= 0.6 is 0 Å². The molecule has 0 saturated heterocycles. The third-order valence-corrected chi connectivity index (χ3v) is 4.88. The van der Waals surface area contributed by atoms with Crippen LogP contribution < -0.4 is 26.4 Å². The van der Waals surface area contributed by atoms with Gasteiger partial charge in [0.05, 0.1) is 17.9 Å². The van der Waals surface area contributed by atoms with Gasteiger partial charge in [-0.15, -0.1) is 0 Å². The fourth-order valence-corrected chi connectivity index (χ4v) is 3.14. The Morgan fingerprint density at radius 1 is 1.41 bits per heavy atom. The molecule has 1 saturated carbocycles. The van der Waals surface area contributed by atoms with Gasteiger partial charge in [0.2, 0.25) is 5.95 Å². The highest BCUT2D eigenvalue weighted by atomic mass is 16.5. The van der Waals surface area contributed by atoms with Crippen LogP contribution in [-0.4, -0.2) is 35.1 Å². The Morgan fingerprint density at radius 2 is 2.26 bits per heavy atom. The summed E-state index contributed by atoms with van der Waals surface area (Å²) in [5, 5.41) is 9.86. The van der Waals surface area contributed by atoms with E-state index in [4.69, 9.17) is 10.5 Å². The van der Waals surface area contributed by atoms with Crippen molar-refractivity contribution in [1.82, 2.24) is 9.97 Å². The first-order valence-electron chi connectivity index (χ1n) is 9.31. The Hall–Kier alpha value is -3.03. The molecule has 1 aliphatic carbocycles. The van der Waals surface area contributed by atoms with Gasteiger partial charge in [-0.2, -0.15) is 4.98 Å². The highest BCUT2D eigenvalue weighted by Gasteiger charge is 2.29. The zero-order valence-corrected chi connectivity index (χ0v) is 15.3. The lowest BCUT2D eigenvalue weighted by molar-refractivity contribution is 0.100. The van der Waals surface area contributed by atoms with E-state index in [2.05, 4.69) is 32.8 Å². The predicted molar refractivity (Wildman–Crippen MR) is 105 cm³/mol. The van der Waals surface area contributed by atoms with Crippen LogP contribution in [0, 0.1) is 5.92 Å². The predicted octanol–water partition coefficient (Wildman–Crippen LogP) is 2.72. The average Bonchev–Trinajstić information content (AvgIpc) is 3.49. The molecule has 1 aromatic heterocycles. The molecule has 0 bridgehead atoms.